The summed E-state index contributed by atoms with van der Waals surface area (Å²) in [4.78, 5) is 2.43. The third-order valence-corrected chi connectivity index (χ3v) is 9.50. The van der Waals surface area contributed by atoms with Crippen molar-refractivity contribution in [3.63, 3.8) is 0 Å². The number of halogens is 1. The summed E-state index contributed by atoms with van der Waals surface area (Å²) < 4.78 is 16.4. The molecule has 2 N–H and O–H groups in total. The molecule has 29 heavy (non-hydrogen) atoms. The molecule has 0 fully saturated rings. The summed E-state index contributed by atoms with van der Waals surface area (Å²) in [5.74, 6) is -0.192. The summed E-state index contributed by atoms with van der Waals surface area (Å²) in [6.45, 7) is 5.30. The summed E-state index contributed by atoms with van der Waals surface area (Å²) in [5.41, 5.74) is 6.09. The van der Waals surface area contributed by atoms with Crippen molar-refractivity contribution < 1.29 is 4.39 Å². The summed E-state index contributed by atoms with van der Waals surface area (Å²) in [7, 11) is 0. The second-order valence-electron chi connectivity index (χ2n) is 7.55. The van der Waals surface area contributed by atoms with Crippen molar-refractivity contribution in [2.45, 2.75) is 43.7 Å². The van der Waals surface area contributed by atoms with E-state index in [1.165, 1.54) is 43.3 Å². The van der Waals surface area contributed by atoms with Crippen molar-refractivity contribution in [3.05, 3.63) is 86.8 Å². The van der Waals surface area contributed by atoms with Gasteiger partial charge >= 0.3 is 184 Å². The van der Waals surface area contributed by atoms with Crippen molar-refractivity contribution in [1.82, 2.24) is 15.5 Å². The van der Waals surface area contributed by atoms with Crippen LogP contribution >= 0.6 is 0 Å². The number of dihydropyridines is 1. The second kappa shape index (κ2) is 9.24. The van der Waals surface area contributed by atoms with E-state index >= 15 is 0 Å². The predicted octanol–water partition coefficient (Wildman–Crippen LogP) is 4.88. The molecular formula is C24H28FN3Sn. The van der Waals surface area contributed by atoms with Gasteiger partial charge in [0, 0.05) is 0 Å². The van der Waals surface area contributed by atoms with Gasteiger partial charge in [-0.1, -0.05) is 0 Å². The molecule has 5 heteroatoms. The van der Waals surface area contributed by atoms with E-state index in [0.717, 1.165) is 18.5 Å². The molecule has 1 unspecified atom stereocenters. The Morgan fingerprint density at radius 3 is 2.76 bits per heavy atom. The maximum absolute atomic E-state index is 13.5. The van der Waals surface area contributed by atoms with E-state index in [0.29, 0.717) is 0 Å². The Hall–Kier alpha value is -1.95. The van der Waals surface area contributed by atoms with Crippen molar-refractivity contribution in [2.24, 2.45) is 0 Å². The van der Waals surface area contributed by atoms with Gasteiger partial charge in [0.2, 0.25) is 0 Å². The van der Waals surface area contributed by atoms with E-state index < -0.39 is 21.1 Å². The maximum atomic E-state index is 13.5. The van der Waals surface area contributed by atoms with Gasteiger partial charge in [0.15, 0.2) is 0 Å². The zero-order valence-corrected chi connectivity index (χ0v) is 20.0. The fourth-order valence-corrected chi connectivity index (χ4v) is 7.86. The van der Waals surface area contributed by atoms with Crippen LogP contribution in [0.5, 0.6) is 0 Å². The van der Waals surface area contributed by atoms with Crippen molar-refractivity contribution in [3.8, 4) is 0 Å². The molecular weight excluding hydrogens is 468 g/mol. The number of allylic oxidation sites excluding steroid dienone is 4. The second-order valence-corrected chi connectivity index (χ2v) is 11.4. The van der Waals surface area contributed by atoms with E-state index in [4.69, 9.17) is 0 Å². The molecule has 0 bridgehead atoms. The van der Waals surface area contributed by atoms with Gasteiger partial charge in [-0.3, -0.25) is 0 Å². The Bertz CT molecular complexity index is 909. The first-order chi connectivity index (χ1) is 14.2. The quantitative estimate of drug-likeness (QED) is 0.417. The van der Waals surface area contributed by atoms with Gasteiger partial charge in [-0.15, -0.1) is 0 Å². The average molecular weight is 496 g/mol. The number of rotatable bonds is 7. The minimum atomic E-state index is -0.570. The van der Waals surface area contributed by atoms with Gasteiger partial charge in [-0.25, -0.2) is 0 Å². The first-order valence-electron chi connectivity index (χ1n) is 10.5. The third-order valence-electron chi connectivity index (χ3n) is 5.60. The molecule has 150 valence electrons. The number of fused-ring (bicyclic) bond motifs is 1. The summed E-state index contributed by atoms with van der Waals surface area (Å²) in [6, 6.07) is 6.92. The van der Waals surface area contributed by atoms with Crippen LogP contribution in [-0.4, -0.2) is 38.8 Å². The fourth-order valence-electron chi connectivity index (χ4n) is 3.98. The molecule has 0 saturated heterocycles. The van der Waals surface area contributed by atoms with Crippen LogP contribution in [-0.2, 0) is 0 Å². The van der Waals surface area contributed by atoms with E-state index in [1.54, 1.807) is 12.1 Å². The van der Waals surface area contributed by atoms with Crippen LogP contribution in [0, 0.1) is 5.82 Å². The molecule has 0 spiro atoms. The third kappa shape index (κ3) is 4.32. The molecule has 1 aromatic rings. The van der Waals surface area contributed by atoms with Crippen molar-refractivity contribution in [1.29, 1.82) is 0 Å². The first kappa shape index (κ1) is 20.3. The molecule has 3 heterocycles. The summed E-state index contributed by atoms with van der Waals surface area (Å²) in [5, 5.41) is 6.96. The zero-order valence-electron chi connectivity index (χ0n) is 17.1. The predicted molar refractivity (Wildman–Crippen MR) is 119 cm³/mol. The molecule has 1 aromatic carbocycles. The Morgan fingerprint density at radius 1 is 1.17 bits per heavy atom. The SMILES string of the molecule is CCC[CH2][Sn][C]1=CNC2C=CC(C3=CNCC(CC)=C3c3ccc(F)cc3)=CN12. The van der Waals surface area contributed by atoms with Crippen LogP contribution in [0.2, 0.25) is 4.44 Å². The minimum absolute atomic E-state index is 0.192. The molecule has 0 aromatic heterocycles. The Kier molecular flexibility index (Phi) is 6.48. The Balaban J connectivity index is 1.65. The fraction of sp³-hybridized carbons (Fsp3) is 0.333. The number of unbranched alkanes of at least 4 members (excludes halogenated alkanes) is 1. The molecule has 0 aliphatic carbocycles. The summed E-state index contributed by atoms with van der Waals surface area (Å²) >= 11 is -0.570. The van der Waals surface area contributed by atoms with E-state index in [9.17, 15) is 4.39 Å². The molecule has 4 rings (SSSR count). The van der Waals surface area contributed by atoms with Crippen molar-refractivity contribution >= 4 is 26.7 Å². The number of benzene rings is 1. The molecule has 3 aliphatic rings. The van der Waals surface area contributed by atoms with Crippen LogP contribution in [0.4, 0.5) is 4.39 Å². The molecule has 3 nitrogen and oxygen atoms in total. The normalized spacial score (nSPS) is 20.6. The van der Waals surface area contributed by atoms with Gasteiger partial charge in [0.1, 0.15) is 0 Å². The van der Waals surface area contributed by atoms with Crippen LogP contribution in [0.1, 0.15) is 38.7 Å². The van der Waals surface area contributed by atoms with E-state index in [-0.39, 0.29) is 12.0 Å². The number of hydrogen-bond donors (Lipinski definition) is 2. The summed E-state index contributed by atoms with van der Waals surface area (Å²) in [6.07, 6.45) is 15.0. The first-order valence-corrected chi connectivity index (χ1v) is 14.0. The van der Waals surface area contributed by atoms with Crippen LogP contribution < -0.4 is 10.6 Å². The molecule has 1 atom stereocenters. The Morgan fingerprint density at radius 2 is 2.00 bits per heavy atom. The molecule has 2 radical (unpaired) electrons. The average Bonchev–Trinajstić information content (AvgIpc) is 3.16. The molecule has 0 amide bonds. The van der Waals surface area contributed by atoms with Gasteiger partial charge < -0.3 is 0 Å². The van der Waals surface area contributed by atoms with E-state index in [1.807, 2.05) is 12.1 Å². The number of hydrogen-bond acceptors (Lipinski definition) is 3. The van der Waals surface area contributed by atoms with Crippen LogP contribution in [0.3, 0.4) is 0 Å². The number of nitrogens with one attached hydrogen (secondary N) is 2. The monoisotopic (exact) mass is 497 g/mol. The standard InChI is InChI=1S/C20H19FN3.C4H9.Sn/c1-2-14-11-22-12-18(20(14)15-3-6-17(21)7-4-15)16-5-8-19-23-9-10-24(19)13-16;1-3-4-2;/h3-9,12-13,19,22-23H,2,11H2,1H3;1,3-4H2,2H3;. The van der Waals surface area contributed by atoms with Crippen LogP contribution in [0.15, 0.2) is 75.4 Å². The molecule has 3 aliphatic heterocycles. The van der Waals surface area contributed by atoms with Gasteiger partial charge in [-0.05, 0) is 0 Å². The zero-order chi connectivity index (χ0) is 20.2. The number of nitrogens with zero attached hydrogens (tertiary/aromatic N) is 1. The van der Waals surface area contributed by atoms with E-state index in [2.05, 4.69) is 60.1 Å². The van der Waals surface area contributed by atoms with Gasteiger partial charge in [0.05, 0.1) is 0 Å². The Labute approximate surface area is 183 Å². The molecule has 0 saturated carbocycles. The van der Waals surface area contributed by atoms with Crippen LogP contribution in [0.25, 0.3) is 5.57 Å². The van der Waals surface area contributed by atoms with Gasteiger partial charge in [-0.2, -0.15) is 0 Å². The van der Waals surface area contributed by atoms with Crippen molar-refractivity contribution in [2.75, 3.05) is 6.54 Å². The van der Waals surface area contributed by atoms with Gasteiger partial charge in [0.25, 0.3) is 0 Å². The topological polar surface area (TPSA) is 27.3 Å².